The summed E-state index contributed by atoms with van der Waals surface area (Å²) in [5.41, 5.74) is 0. The number of nitrogens with zero attached hydrogens (tertiary/aromatic N) is 1. The van der Waals surface area contributed by atoms with Gasteiger partial charge >= 0.3 is 12.0 Å². The highest BCUT2D eigenvalue weighted by Crippen LogP contribution is 1.94. The lowest BCUT2D eigenvalue weighted by molar-refractivity contribution is -0.148. The maximum atomic E-state index is 11.6. The zero-order chi connectivity index (χ0) is 12.0. The van der Waals surface area contributed by atoms with Crippen LogP contribution in [0, 0.1) is 0 Å². The minimum Gasteiger partial charge on any atom is -0.479 e. The number of aliphatic carboxylic acids is 1. The van der Waals surface area contributed by atoms with Gasteiger partial charge in [0.15, 0.2) is 6.10 Å². The quantitative estimate of drug-likeness (QED) is 0.559. The van der Waals surface area contributed by atoms with Crippen molar-refractivity contribution in [3.63, 3.8) is 0 Å². The van der Waals surface area contributed by atoms with Crippen molar-refractivity contribution in [2.75, 3.05) is 39.8 Å². The topological polar surface area (TPSA) is 90.9 Å². The number of methoxy groups -OCH3 is 1. The maximum absolute atomic E-state index is 11.6. The van der Waals surface area contributed by atoms with E-state index in [0.29, 0.717) is 13.1 Å². The molecule has 1 saturated heterocycles. The molecule has 92 valence electrons. The van der Waals surface area contributed by atoms with Gasteiger partial charge in [0.2, 0.25) is 0 Å². The summed E-state index contributed by atoms with van der Waals surface area (Å²) >= 11 is 0. The summed E-state index contributed by atoms with van der Waals surface area (Å²) in [5.74, 6) is -1.08. The molecule has 1 aliphatic heterocycles. The second kappa shape index (κ2) is 6.29. The van der Waals surface area contributed by atoms with Gasteiger partial charge in [0.05, 0.1) is 6.54 Å². The summed E-state index contributed by atoms with van der Waals surface area (Å²) in [5, 5.41) is 14.4. The van der Waals surface area contributed by atoms with Crippen molar-refractivity contribution < 1.29 is 19.4 Å². The molecule has 0 aromatic heterocycles. The van der Waals surface area contributed by atoms with Crippen LogP contribution in [-0.4, -0.2) is 67.9 Å². The Morgan fingerprint density at radius 1 is 1.50 bits per heavy atom. The zero-order valence-corrected chi connectivity index (χ0v) is 9.23. The predicted octanol–water partition coefficient (Wildman–Crippen LogP) is -1.30. The SMILES string of the molecule is COC(CNC(=O)N1CCNCC1)C(=O)O. The first-order valence-electron chi connectivity index (χ1n) is 5.14. The molecular weight excluding hydrogens is 214 g/mol. The minimum absolute atomic E-state index is 0.0193. The number of hydrogen-bond acceptors (Lipinski definition) is 4. The Bertz CT molecular complexity index is 253. The van der Waals surface area contributed by atoms with Gasteiger partial charge in [-0.3, -0.25) is 0 Å². The molecule has 1 aliphatic rings. The van der Waals surface area contributed by atoms with Gasteiger partial charge < -0.3 is 25.4 Å². The van der Waals surface area contributed by atoms with Gasteiger partial charge in [0.1, 0.15) is 0 Å². The second-order valence-corrected chi connectivity index (χ2v) is 3.49. The number of hydrogen-bond donors (Lipinski definition) is 3. The van der Waals surface area contributed by atoms with Crippen LogP contribution in [0.3, 0.4) is 0 Å². The fourth-order valence-corrected chi connectivity index (χ4v) is 1.43. The second-order valence-electron chi connectivity index (χ2n) is 3.49. The Hall–Kier alpha value is -1.34. The Labute approximate surface area is 93.7 Å². The molecule has 0 bridgehead atoms. The van der Waals surface area contributed by atoms with Crippen LogP contribution in [0.5, 0.6) is 0 Å². The lowest BCUT2D eigenvalue weighted by atomic mass is 10.3. The highest BCUT2D eigenvalue weighted by Gasteiger charge is 2.20. The first-order chi connectivity index (χ1) is 7.65. The Kier molecular flexibility index (Phi) is 5.00. The lowest BCUT2D eigenvalue weighted by Gasteiger charge is -2.27. The number of ether oxygens (including phenoxy) is 1. The van der Waals surface area contributed by atoms with Crippen molar-refractivity contribution in [3.8, 4) is 0 Å². The van der Waals surface area contributed by atoms with Crippen LogP contribution in [0.15, 0.2) is 0 Å². The Morgan fingerprint density at radius 2 is 2.12 bits per heavy atom. The van der Waals surface area contributed by atoms with Crippen molar-refractivity contribution in [2.45, 2.75) is 6.10 Å². The van der Waals surface area contributed by atoms with Gasteiger partial charge in [0.25, 0.3) is 0 Å². The molecule has 1 heterocycles. The normalized spacial score (nSPS) is 17.9. The maximum Gasteiger partial charge on any atom is 0.334 e. The third-order valence-corrected chi connectivity index (χ3v) is 2.40. The molecule has 7 heteroatoms. The average molecular weight is 231 g/mol. The number of nitrogens with one attached hydrogen (secondary N) is 2. The van der Waals surface area contributed by atoms with E-state index < -0.39 is 12.1 Å². The number of amides is 2. The number of urea groups is 1. The van der Waals surface area contributed by atoms with Gasteiger partial charge in [-0.15, -0.1) is 0 Å². The minimum atomic E-state index is -1.08. The van der Waals surface area contributed by atoms with E-state index in [1.54, 1.807) is 4.90 Å². The number of rotatable bonds is 4. The predicted molar refractivity (Wildman–Crippen MR) is 56.3 cm³/mol. The van der Waals surface area contributed by atoms with Gasteiger partial charge in [-0.05, 0) is 0 Å². The van der Waals surface area contributed by atoms with Crippen LogP contribution in [0.2, 0.25) is 0 Å². The van der Waals surface area contributed by atoms with E-state index in [-0.39, 0.29) is 12.6 Å². The molecule has 1 rings (SSSR count). The average Bonchev–Trinajstić information content (AvgIpc) is 2.30. The summed E-state index contributed by atoms with van der Waals surface area (Å²) < 4.78 is 4.70. The van der Waals surface area contributed by atoms with Crippen LogP contribution >= 0.6 is 0 Å². The molecule has 0 radical (unpaired) electrons. The fraction of sp³-hybridized carbons (Fsp3) is 0.778. The molecule has 1 unspecified atom stereocenters. The monoisotopic (exact) mass is 231 g/mol. The zero-order valence-electron chi connectivity index (χ0n) is 9.23. The summed E-state index contributed by atoms with van der Waals surface area (Å²) in [6, 6.07) is -0.246. The summed E-state index contributed by atoms with van der Waals surface area (Å²) in [6.07, 6.45) is -0.994. The fourth-order valence-electron chi connectivity index (χ4n) is 1.43. The molecule has 1 atom stereocenters. The smallest absolute Gasteiger partial charge is 0.334 e. The van der Waals surface area contributed by atoms with E-state index in [1.807, 2.05) is 0 Å². The largest absolute Gasteiger partial charge is 0.479 e. The van der Waals surface area contributed by atoms with Crippen LogP contribution in [0.1, 0.15) is 0 Å². The molecule has 0 aliphatic carbocycles. The van der Waals surface area contributed by atoms with Crippen molar-refractivity contribution in [1.82, 2.24) is 15.5 Å². The van der Waals surface area contributed by atoms with Gasteiger partial charge in [-0.25, -0.2) is 9.59 Å². The standard InChI is InChI=1S/C9H17N3O4/c1-16-7(8(13)14)6-11-9(15)12-4-2-10-3-5-12/h7,10H,2-6H2,1H3,(H,11,15)(H,13,14). The van der Waals surface area contributed by atoms with Crippen LogP contribution in [0.25, 0.3) is 0 Å². The van der Waals surface area contributed by atoms with Crippen molar-refractivity contribution in [2.24, 2.45) is 0 Å². The summed E-state index contributed by atoms with van der Waals surface area (Å²) in [4.78, 5) is 23.8. The van der Waals surface area contributed by atoms with E-state index in [9.17, 15) is 9.59 Å². The molecule has 16 heavy (non-hydrogen) atoms. The third-order valence-electron chi connectivity index (χ3n) is 2.40. The highest BCUT2D eigenvalue weighted by molar-refractivity contribution is 5.77. The summed E-state index contributed by atoms with van der Waals surface area (Å²) in [7, 11) is 1.30. The lowest BCUT2D eigenvalue weighted by Crippen LogP contribution is -2.51. The molecule has 0 aromatic rings. The molecule has 0 spiro atoms. The van der Waals surface area contributed by atoms with Gasteiger partial charge in [-0.2, -0.15) is 0 Å². The molecule has 1 fully saturated rings. The first kappa shape index (κ1) is 12.7. The Morgan fingerprint density at radius 3 is 2.62 bits per heavy atom. The molecule has 0 saturated carbocycles. The Balaban J connectivity index is 2.30. The number of carbonyl (C=O) groups is 2. The number of carboxylic acid groups (broad SMARTS) is 1. The van der Waals surface area contributed by atoms with Crippen LogP contribution < -0.4 is 10.6 Å². The van der Waals surface area contributed by atoms with Crippen LogP contribution in [0.4, 0.5) is 4.79 Å². The molecule has 3 N–H and O–H groups in total. The van der Waals surface area contributed by atoms with E-state index >= 15 is 0 Å². The number of piperazine rings is 1. The molecule has 7 nitrogen and oxygen atoms in total. The number of carboxylic acids is 1. The van der Waals surface area contributed by atoms with Gasteiger partial charge in [-0.1, -0.05) is 0 Å². The van der Waals surface area contributed by atoms with E-state index in [1.165, 1.54) is 7.11 Å². The van der Waals surface area contributed by atoms with Crippen molar-refractivity contribution in [3.05, 3.63) is 0 Å². The van der Waals surface area contributed by atoms with E-state index in [4.69, 9.17) is 9.84 Å². The van der Waals surface area contributed by atoms with E-state index in [2.05, 4.69) is 10.6 Å². The molecule has 2 amide bonds. The molecule has 0 aromatic carbocycles. The van der Waals surface area contributed by atoms with E-state index in [0.717, 1.165) is 13.1 Å². The number of carbonyl (C=O) groups excluding carboxylic acids is 1. The van der Waals surface area contributed by atoms with Crippen molar-refractivity contribution in [1.29, 1.82) is 0 Å². The van der Waals surface area contributed by atoms with Gasteiger partial charge in [0, 0.05) is 33.3 Å². The van der Waals surface area contributed by atoms with Crippen LogP contribution in [-0.2, 0) is 9.53 Å². The van der Waals surface area contributed by atoms with Crippen molar-refractivity contribution >= 4 is 12.0 Å². The first-order valence-corrected chi connectivity index (χ1v) is 5.14. The molecular formula is C9H17N3O4. The highest BCUT2D eigenvalue weighted by atomic mass is 16.5. The summed E-state index contributed by atoms with van der Waals surface area (Å²) in [6.45, 7) is 2.78. The third kappa shape index (κ3) is 3.67.